The van der Waals surface area contributed by atoms with Gasteiger partial charge in [-0.25, -0.2) is 4.79 Å². The molecule has 0 aliphatic rings. The Hall–Kier alpha value is -3.22. The number of anilines is 1. The van der Waals surface area contributed by atoms with E-state index in [0.717, 1.165) is 11.1 Å². The van der Waals surface area contributed by atoms with Crippen molar-refractivity contribution >= 4 is 40.8 Å². The van der Waals surface area contributed by atoms with Crippen molar-refractivity contribution in [3.8, 4) is 5.75 Å². The van der Waals surface area contributed by atoms with Gasteiger partial charge in [-0.2, -0.15) is 0 Å². The molecule has 0 radical (unpaired) electrons. The maximum atomic E-state index is 12.6. The van der Waals surface area contributed by atoms with Crippen LogP contribution >= 0.6 is 23.2 Å². The van der Waals surface area contributed by atoms with Crippen LogP contribution in [0.5, 0.6) is 5.75 Å². The fourth-order valence-corrected chi connectivity index (χ4v) is 3.26. The number of nitrogens with one attached hydrogen (secondary N) is 1. The zero-order chi connectivity index (χ0) is 22.4. The number of halogens is 2. The summed E-state index contributed by atoms with van der Waals surface area (Å²) in [4.78, 5) is 25.0. The molecule has 3 N–H and O–H groups in total. The topological polar surface area (TPSA) is 90.7 Å². The van der Waals surface area contributed by atoms with Crippen LogP contribution in [0.3, 0.4) is 0 Å². The molecular formula is C23H20Cl2N2O4. The number of hydrogen-bond acceptors (Lipinski definition) is 5. The second kappa shape index (κ2) is 10.2. The molecule has 0 aliphatic heterocycles. The molecule has 0 saturated heterocycles. The Labute approximate surface area is 189 Å². The number of benzene rings is 3. The average Bonchev–Trinajstić information content (AvgIpc) is 2.78. The third-order valence-electron chi connectivity index (χ3n) is 4.51. The van der Waals surface area contributed by atoms with Gasteiger partial charge in [-0.05, 0) is 29.3 Å². The predicted molar refractivity (Wildman–Crippen MR) is 121 cm³/mol. The van der Waals surface area contributed by atoms with Crippen LogP contribution in [-0.4, -0.2) is 25.6 Å². The van der Waals surface area contributed by atoms with E-state index in [0.29, 0.717) is 5.02 Å². The number of ether oxygens (including phenoxy) is 2. The standard InChI is InChI=1S/C23H20Cl2N2O4/c1-30-20-12-19(26)18(25)11-17(20)23(29)31-13-21(28)27-22(14-5-3-2-4-6-14)15-7-9-16(24)10-8-15/h2-12,22H,13,26H2,1H3,(H,27,28)/t22-/m1/s1. The van der Waals surface area contributed by atoms with Crippen molar-refractivity contribution in [2.24, 2.45) is 0 Å². The normalized spacial score (nSPS) is 11.5. The van der Waals surface area contributed by atoms with Crippen LogP contribution in [0.1, 0.15) is 27.5 Å². The van der Waals surface area contributed by atoms with Gasteiger partial charge >= 0.3 is 5.97 Å². The van der Waals surface area contributed by atoms with Crippen molar-refractivity contribution < 1.29 is 19.1 Å². The Morgan fingerprint density at radius 3 is 2.29 bits per heavy atom. The second-order valence-electron chi connectivity index (χ2n) is 6.61. The van der Waals surface area contributed by atoms with Gasteiger partial charge in [-0.1, -0.05) is 65.7 Å². The van der Waals surface area contributed by atoms with E-state index in [-0.39, 0.29) is 22.0 Å². The molecular weight excluding hydrogens is 439 g/mol. The number of carbonyl (C=O) groups is 2. The summed E-state index contributed by atoms with van der Waals surface area (Å²) in [6.45, 7) is -0.485. The number of hydrogen-bond donors (Lipinski definition) is 2. The fraction of sp³-hybridized carbons (Fsp3) is 0.130. The van der Waals surface area contributed by atoms with Gasteiger partial charge in [0.15, 0.2) is 6.61 Å². The number of nitrogen functional groups attached to an aromatic ring is 1. The molecule has 0 aliphatic carbocycles. The summed E-state index contributed by atoms with van der Waals surface area (Å²) in [7, 11) is 1.39. The van der Waals surface area contributed by atoms with Gasteiger partial charge in [0.25, 0.3) is 5.91 Å². The summed E-state index contributed by atoms with van der Waals surface area (Å²) in [5, 5.41) is 3.66. The maximum absolute atomic E-state index is 12.6. The Morgan fingerprint density at radius 2 is 1.65 bits per heavy atom. The highest BCUT2D eigenvalue weighted by atomic mass is 35.5. The lowest BCUT2D eigenvalue weighted by molar-refractivity contribution is -0.124. The van der Waals surface area contributed by atoms with Gasteiger partial charge < -0.3 is 20.5 Å². The molecule has 160 valence electrons. The first-order chi connectivity index (χ1) is 14.9. The highest BCUT2D eigenvalue weighted by Crippen LogP contribution is 2.29. The minimum Gasteiger partial charge on any atom is -0.496 e. The molecule has 3 rings (SSSR count). The molecule has 1 atom stereocenters. The zero-order valence-electron chi connectivity index (χ0n) is 16.6. The van der Waals surface area contributed by atoms with Crippen LogP contribution in [0, 0.1) is 0 Å². The molecule has 0 unspecified atom stereocenters. The number of nitrogens with two attached hydrogens (primary N) is 1. The highest BCUT2D eigenvalue weighted by Gasteiger charge is 2.20. The van der Waals surface area contributed by atoms with Gasteiger partial charge in [-0.15, -0.1) is 0 Å². The molecule has 0 bridgehead atoms. The minimum absolute atomic E-state index is 0.0758. The third kappa shape index (κ3) is 5.69. The molecule has 0 aromatic heterocycles. The monoisotopic (exact) mass is 458 g/mol. The zero-order valence-corrected chi connectivity index (χ0v) is 18.1. The molecule has 3 aromatic carbocycles. The van der Waals surface area contributed by atoms with Crippen molar-refractivity contribution in [2.75, 3.05) is 19.5 Å². The first-order valence-electron chi connectivity index (χ1n) is 9.29. The van der Waals surface area contributed by atoms with E-state index in [1.54, 1.807) is 12.1 Å². The van der Waals surface area contributed by atoms with E-state index >= 15 is 0 Å². The summed E-state index contributed by atoms with van der Waals surface area (Å²) in [5.74, 6) is -1.02. The molecule has 0 fully saturated rings. The fourth-order valence-electron chi connectivity index (χ4n) is 2.97. The Kier molecular flexibility index (Phi) is 7.39. The summed E-state index contributed by atoms with van der Waals surface area (Å²) in [5.41, 5.74) is 7.77. The van der Waals surface area contributed by atoms with Crippen LogP contribution in [-0.2, 0) is 9.53 Å². The van der Waals surface area contributed by atoms with Crippen LogP contribution in [0.2, 0.25) is 10.0 Å². The summed E-state index contributed by atoms with van der Waals surface area (Å²) in [6.07, 6.45) is 0. The Bertz CT molecular complexity index is 1070. The van der Waals surface area contributed by atoms with Crippen LogP contribution in [0.25, 0.3) is 0 Å². The number of esters is 1. The number of carbonyl (C=O) groups excluding carboxylic acids is 2. The molecule has 0 spiro atoms. The van der Waals surface area contributed by atoms with Gasteiger partial charge in [0.1, 0.15) is 11.3 Å². The smallest absolute Gasteiger partial charge is 0.342 e. The van der Waals surface area contributed by atoms with E-state index in [2.05, 4.69) is 5.32 Å². The van der Waals surface area contributed by atoms with Crippen molar-refractivity contribution in [1.29, 1.82) is 0 Å². The van der Waals surface area contributed by atoms with E-state index < -0.39 is 24.5 Å². The molecule has 3 aromatic rings. The molecule has 0 heterocycles. The lowest BCUT2D eigenvalue weighted by Crippen LogP contribution is -2.33. The molecule has 1 amide bonds. The Balaban J connectivity index is 1.72. The van der Waals surface area contributed by atoms with Gasteiger partial charge in [0.2, 0.25) is 0 Å². The third-order valence-corrected chi connectivity index (χ3v) is 5.09. The highest BCUT2D eigenvalue weighted by molar-refractivity contribution is 6.33. The van der Waals surface area contributed by atoms with E-state index in [4.69, 9.17) is 38.4 Å². The Morgan fingerprint density at radius 1 is 1.00 bits per heavy atom. The predicted octanol–water partition coefficient (Wildman–Crippen LogP) is 4.65. The van der Waals surface area contributed by atoms with Gasteiger partial charge in [-0.3, -0.25) is 4.79 Å². The SMILES string of the molecule is COc1cc(N)c(Cl)cc1C(=O)OCC(=O)N[C@H](c1ccccc1)c1ccc(Cl)cc1. The van der Waals surface area contributed by atoms with Gasteiger partial charge in [0, 0.05) is 11.1 Å². The van der Waals surface area contributed by atoms with E-state index in [9.17, 15) is 9.59 Å². The number of methoxy groups -OCH3 is 1. The van der Waals surface area contributed by atoms with E-state index in [1.807, 2.05) is 42.5 Å². The second-order valence-corrected chi connectivity index (χ2v) is 7.46. The molecule has 6 nitrogen and oxygen atoms in total. The first kappa shape index (κ1) is 22.5. The van der Waals surface area contributed by atoms with Crippen LogP contribution in [0.15, 0.2) is 66.7 Å². The quantitative estimate of drug-likeness (QED) is 0.397. The summed E-state index contributed by atoms with van der Waals surface area (Å²) >= 11 is 12.0. The summed E-state index contributed by atoms with van der Waals surface area (Å²) in [6, 6.07) is 18.9. The van der Waals surface area contributed by atoms with Crippen LogP contribution in [0.4, 0.5) is 5.69 Å². The minimum atomic E-state index is -0.753. The largest absolute Gasteiger partial charge is 0.496 e. The summed E-state index contributed by atoms with van der Waals surface area (Å²) < 4.78 is 10.3. The molecule has 0 saturated carbocycles. The van der Waals surface area contributed by atoms with Crippen molar-refractivity contribution in [2.45, 2.75) is 6.04 Å². The molecule has 31 heavy (non-hydrogen) atoms. The maximum Gasteiger partial charge on any atom is 0.342 e. The van der Waals surface area contributed by atoms with Crippen molar-refractivity contribution in [3.05, 3.63) is 93.5 Å². The van der Waals surface area contributed by atoms with Gasteiger partial charge in [0.05, 0.1) is 23.9 Å². The number of rotatable bonds is 7. The lowest BCUT2D eigenvalue weighted by Gasteiger charge is -2.20. The lowest BCUT2D eigenvalue weighted by atomic mass is 9.99. The van der Waals surface area contributed by atoms with Crippen LogP contribution < -0.4 is 15.8 Å². The van der Waals surface area contributed by atoms with Crippen molar-refractivity contribution in [1.82, 2.24) is 5.32 Å². The van der Waals surface area contributed by atoms with E-state index in [1.165, 1.54) is 19.2 Å². The number of amides is 1. The average molecular weight is 459 g/mol. The van der Waals surface area contributed by atoms with Crippen molar-refractivity contribution in [3.63, 3.8) is 0 Å². The first-order valence-corrected chi connectivity index (χ1v) is 10.0. The molecule has 8 heteroatoms.